The minimum atomic E-state index is -0.574. The number of unbranched alkanes of at least 4 members (excludes halogenated alkanes) is 11. The van der Waals surface area contributed by atoms with E-state index in [0.717, 1.165) is 44.9 Å². The summed E-state index contributed by atoms with van der Waals surface area (Å²) < 4.78 is 13.7. The summed E-state index contributed by atoms with van der Waals surface area (Å²) in [7, 11) is 0. The highest BCUT2D eigenvalue weighted by atomic mass is 35.5. The Morgan fingerprint density at radius 3 is 1.64 bits per heavy atom. The highest BCUT2D eigenvalue weighted by Gasteiger charge is 2.05. The van der Waals surface area contributed by atoms with Crippen molar-refractivity contribution < 1.29 is 9.18 Å². The Morgan fingerprint density at radius 1 is 0.773 bits per heavy atom. The number of alkyl halides is 1. The maximum absolute atomic E-state index is 13.7. The van der Waals surface area contributed by atoms with Crippen molar-refractivity contribution in [1.82, 2.24) is 0 Å². The van der Waals surface area contributed by atoms with Gasteiger partial charge in [0.05, 0.1) is 0 Å². The minimum Gasteiger partial charge on any atom is -0.281 e. The molecule has 0 bridgehead atoms. The van der Waals surface area contributed by atoms with Crippen LogP contribution < -0.4 is 0 Å². The van der Waals surface area contributed by atoms with Crippen LogP contribution in [0, 0.1) is 0 Å². The Morgan fingerprint density at radius 2 is 1.18 bits per heavy atom. The van der Waals surface area contributed by atoms with E-state index in [4.69, 9.17) is 11.6 Å². The Balaban J connectivity index is 3.13. The molecule has 0 fully saturated rings. The van der Waals surface area contributed by atoms with Crippen LogP contribution in [0.5, 0.6) is 0 Å². The van der Waals surface area contributed by atoms with Crippen LogP contribution in [0.15, 0.2) is 0 Å². The van der Waals surface area contributed by atoms with Crippen LogP contribution in [0.3, 0.4) is 0 Å². The van der Waals surface area contributed by atoms with Crippen molar-refractivity contribution >= 4 is 16.8 Å². The summed E-state index contributed by atoms with van der Waals surface area (Å²) in [5.74, 6) is 0. The van der Waals surface area contributed by atoms with Gasteiger partial charge in [-0.05, 0) is 30.9 Å². The van der Waals surface area contributed by atoms with Gasteiger partial charge in [0.1, 0.15) is 6.17 Å². The van der Waals surface area contributed by atoms with Crippen molar-refractivity contribution in [2.24, 2.45) is 0 Å². The number of carbonyl (C=O) groups excluding carboxylic acids is 1. The summed E-state index contributed by atoms with van der Waals surface area (Å²) in [5, 5.41) is -0.217. The van der Waals surface area contributed by atoms with Crippen LogP contribution in [0.25, 0.3) is 0 Å². The van der Waals surface area contributed by atoms with Crippen LogP contribution in [0.1, 0.15) is 110 Å². The van der Waals surface area contributed by atoms with E-state index in [1.165, 1.54) is 51.4 Å². The van der Waals surface area contributed by atoms with Gasteiger partial charge in [-0.25, -0.2) is 4.39 Å². The van der Waals surface area contributed by atoms with Gasteiger partial charge in [-0.1, -0.05) is 84.0 Å². The number of halogens is 2. The topological polar surface area (TPSA) is 17.1 Å². The van der Waals surface area contributed by atoms with E-state index in [1.807, 2.05) is 0 Å². The molecular formula is C19H36ClFO. The summed E-state index contributed by atoms with van der Waals surface area (Å²) in [6.45, 7) is 2.21. The molecule has 0 saturated heterocycles. The molecule has 0 aromatic rings. The molecule has 0 aliphatic rings. The van der Waals surface area contributed by atoms with Crippen molar-refractivity contribution in [2.45, 2.75) is 116 Å². The number of carbonyl (C=O) groups is 1. The average molecular weight is 335 g/mol. The van der Waals surface area contributed by atoms with E-state index >= 15 is 0 Å². The van der Waals surface area contributed by atoms with Gasteiger partial charge in [-0.3, -0.25) is 4.79 Å². The first kappa shape index (κ1) is 21.9. The van der Waals surface area contributed by atoms with Gasteiger partial charge >= 0.3 is 0 Å². The monoisotopic (exact) mass is 334 g/mol. The summed E-state index contributed by atoms with van der Waals surface area (Å²) >= 11 is 5.29. The van der Waals surface area contributed by atoms with E-state index in [2.05, 4.69) is 6.92 Å². The van der Waals surface area contributed by atoms with E-state index < -0.39 is 6.17 Å². The van der Waals surface area contributed by atoms with Crippen LogP contribution in [0.2, 0.25) is 0 Å². The lowest BCUT2D eigenvalue weighted by Crippen LogP contribution is -1.99. The van der Waals surface area contributed by atoms with Crippen LogP contribution in [-0.4, -0.2) is 11.4 Å². The molecule has 0 aliphatic carbocycles. The fourth-order valence-electron chi connectivity index (χ4n) is 2.80. The van der Waals surface area contributed by atoms with Crippen LogP contribution in [-0.2, 0) is 4.79 Å². The maximum atomic E-state index is 13.7. The molecule has 0 aliphatic heterocycles. The zero-order chi connectivity index (χ0) is 16.5. The van der Waals surface area contributed by atoms with Gasteiger partial charge in [-0.15, -0.1) is 0 Å². The van der Waals surface area contributed by atoms with E-state index in [-0.39, 0.29) is 5.24 Å². The second kappa shape index (κ2) is 17.2. The molecule has 0 N–H and O–H groups in total. The molecule has 1 unspecified atom stereocenters. The SMILES string of the molecule is CCCCCCCC(F)CCCCCCCCCCC(=O)Cl. The first-order valence-corrected chi connectivity index (χ1v) is 9.87. The highest BCUT2D eigenvalue weighted by Crippen LogP contribution is 2.16. The molecule has 0 saturated carbocycles. The normalized spacial score (nSPS) is 12.5. The molecule has 1 nitrogen and oxygen atoms in total. The summed E-state index contributed by atoms with van der Waals surface area (Å²) in [4.78, 5) is 10.6. The zero-order valence-corrected chi connectivity index (χ0v) is 15.3. The highest BCUT2D eigenvalue weighted by molar-refractivity contribution is 6.63. The molecule has 22 heavy (non-hydrogen) atoms. The zero-order valence-electron chi connectivity index (χ0n) is 14.6. The fraction of sp³-hybridized carbons (Fsp3) is 0.947. The molecule has 0 amide bonds. The summed E-state index contributed by atoms with van der Waals surface area (Å²) in [6, 6.07) is 0. The van der Waals surface area contributed by atoms with Crippen molar-refractivity contribution in [3.63, 3.8) is 0 Å². The lowest BCUT2D eigenvalue weighted by Gasteiger charge is -2.08. The minimum absolute atomic E-state index is 0.217. The quantitative estimate of drug-likeness (QED) is 0.201. The van der Waals surface area contributed by atoms with E-state index in [0.29, 0.717) is 6.42 Å². The van der Waals surface area contributed by atoms with Crippen molar-refractivity contribution in [2.75, 3.05) is 0 Å². The Hall–Kier alpha value is -0.110. The standard InChI is InChI=1S/C19H36ClFO/c1-2-3-4-9-12-15-18(21)16-13-10-7-5-6-8-11-14-17-19(20)22/h18H,2-17H2,1H3. The van der Waals surface area contributed by atoms with Crippen LogP contribution in [0.4, 0.5) is 4.39 Å². The second-order valence-electron chi connectivity index (χ2n) is 6.52. The van der Waals surface area contributed by atoms with Gasteiger partial charge in [0.2, 0.25) is 5.24 Å². The summed E-state index contributed by atoms with van der Waals surface area (Å²) in [5.41, 5.74) is 0. The lowest BCUT2D eigenvalue weighted by molar-refractivity contribution is -0.111. The van der Waals surface area contributed by atoms with Gasteiger partial charge in [-0.2, -0.15) is 0 Å². The van der Waals surface area contributed by atoms with Gasteiger partial charge in [0.15, 0.2) is 0 Å². The third-order valence-corrected chi connectivity index (χ3v) is 4.45. The Kier molecular flexibility index (Phi) is 17.2. The van der Waals surface area contributed by atoms with Gasteiger partial charge in [0, 0.05) is 6.42 Å². The van der Waals surface area contributed by atoms with Crippen molar-refractivity contribution in [3.05, 3.63) is 0 Å². The molecule has 0 radical (unpaired) electrons. The largest absolute Gasteiger partial charge is 0.281 e. The van der Waals surface area contributed by atoms with Gasteiger partial charge in [0.25, 0.3) is 0 Å². The predicted molar refractivity (Wildman–Crippen MR) is 95.3 cm³/mol. The third-order valence-electron chi connectivity index (χ3n) is 4.26. The lowest BCUT2D eigenvalue weighted by atomic mass is 10.0. The number of hydrogen-bond acceptors (Lipinski definition) is 1. The van der Waals surface area contributed by atoms with Gasteiger partial charge < -0.3 is 0 Å². The molecule has 3 heteroatoms. The number of rotatable bonds is 17. The average Bonchev–Trinajstić information content (AvgIpc) is 2.48. The third kappa shape index (κ3) is 17.9. The molecule has 0 aromatic heterocycles. The molecule has 1 atom stereocenters. The predicted octanol–water partition coefficient (Wildman–Crippen LogP) is 7.35. The fourth-order valence-corrected chi connectivity index (χ4v) is 2.94. The Labute approximate surface area is 142 Å². The molecule has 0 spiro atoms. The van der Waals surface area contributed by atoms with E-state index in [9.17, 15) is 9.18 Å². The van der Waals surface area contributed by atoms with Crippen molar-refractivity contribution in [3.8, 4) is 0 Å². The molecule has 0 aromatic carbocycles. The molecule has 0 rings (SSSR count). The Bertz CT molecular complexity index is 246. The first-order chi connectivity index (χ1) is 10.7. The number of hydrogen-bond donors (Lipinski definition) is 0. The molecule has 132 valence electrons. The van der Waals surface area contributed by atoms with Crippen LogP contribution >= 0.6 is 11.6 Å². The summed E-state index contributed by atoms with van der Waals surface area (Å²) in [6.07, 6.45) is 16.6. The second-order valence-corrected chi connectivity index (χ2v) is 6.94. The maximum Gasteiger partial charge on any atom is 0.221 e. The first-order valence-electron chi connectivity index (χ1n) is 9.49. The smallest absolute Gasteiger partial charge is 0.221 e. The molecule has 0 heterocycles. The molecular weight excluding hydrogens is 299 g/mol. The van der Waals surface area contributed by atoms with Crippen molar-refractivity contribution in [1.29, 1.82) is 0 Å². The van der Waals surface area contributed by atoms with E-state index in [1.54, 1.807) is 0 Å².